The highest BCUT2D eigenvalue weighted by Gasteiger charge is 2.74. The van der Waals surface area contributed by atoms with Crippen LogP contribution in [0.15, 0.2) is 70.9 Å². The van der Waals surface area contributed by atoms with Gasteiger partial charge < -0.3 is 19.5 Å². The summed E-state index contributed by atoms with van der Waals surface area (Å²) in [5.74, 6) is -0.275. The molecule has 2 aromatic rings. The number of Topliss-reactive ketones (excluding diaryl/α,β-unsaturated/α-hetero) is 1. The molecule has 2 spiro atoms. The summed E-state index contributed by atoms with van der Waals surface area (Å²) < 4.78 is 46.8. The predicted octanol–water partition coefficient (Wildman–Crippen LogP) is 6.53. The van der Waals surface area contributed by atoms with Crippen LogP contribution in [0.25, 0.3) is 0 Å². The first kappa shape index (κ1) is 33.0. The monoisotopic (exact) mass is 678 g/mol. The number of carbonyl (C=O) groups is 2. The van der Waals surface area contributed by atoms with Gasteiger partial charge in [0.1, 0.15) is 0 Å². The second-order valence-electron chi connectivity index (χ2n) is 16.3. The van der Waals surface area contributed by atoms with E-state index in [1.807, 2.05) is 6.08 Å². The molecule has 49 heavy (non-hydrogen) atoms. The topological polar surface area (TPSA) is 94.2 Å². The lowest BCUT2D eigenvalue weighted by atomic mass is 9.32. The maximum absolute atomic E-state index is 14.7. The minimum absolute atomic E-state index is 0.0205. The Bertz CT molecular complexity index is 1730. The maximum atomic E-state index is 14.7. The Morgan fingerprint density at radius 1 is 0.939 bits per heavy atom. The van der Waals surface area contributed by atoms with E-state index in [1.54, 1.807) is 17.0 Å². The largest absolute Gasteiger partial charge is 0.459 e. The zero-order valence-corrected chi connectivity index (χ0v) is 28.1. The molecular formula is C39H45F3N2O5. The van der Waals surface area contributed by atoms with E-state index in [2.05, 4.69) is 30.9 Å². The van der Waals surface area contributed by atoms with Gasteiger partial charge in [-0.25, -0.2) is 0 Å². The molecule has 4 fully saturated rings. The summed E-state index contributed by atoms with van der Waals surface area (Å²) in [5, 5.41) is 23.6. The lowest BCUT2D eigenvalue weighted by Gasteiger charge is -2.71. The molecule has 1 aromatic carbocycles. The predicted molar refractivity (Wildman–Crippen MR) is 175 cm³/mol. The minimum Gasteiger partial charge on any atom is -0.459 e. The van der Waals surface area contributed by atoms with Crippen molar-refractivity contribution in [3.05, 3.63) is 83.3 Å². The Kier molecular flexibility index (Phi) is 7.33. The Labute approximate surface area is 284 Å². The normalized spacial score (nSPS) is 40.0. The van der Waals surface area contributed by atoms with Crippen molar-refractivity contribution < 1.29 is 37.4 Å². The van der Waals surface area contributed by atoms with E-state index in [0.717, 1.165) is 31.4 Å². The van der Waals surface area contributed by atoms with E-state index < -0.39 is 39.7 Å². The van der Waals surface area contributed by atoms with E-state index in [1.165, 1.54) is 18.4 Å². The number of amides is 1. The summed E-state index contributed by atoms with van der Waals surface area (Å²) in [7, 11) is 0. The van der Waals surface area contributed by atoms with Crippen LogP contribution in [0.3, 0.4) is 0 Å². The van der Waals surface area contributed by atoms with Crippen LogP contribution >= 0.6 is 0 Å². The highest BCUT2D eigenvalue weighted by molar-refractivity contribution is 6.10. The summed E-state index contributed by atoms with van der Waals surface area (Å²) in [6.07, 6.45) is 7.52. The fourth-order valence-electron chi connectivity index (χ4n) is 11.6. The molecule has 2 bridgehead atoms. The van der Waals surface area contributed by atoms with Gasteiger partial charge in [-0.1, -0.05) is 44.2 Å². The molecule has 1 aliphatic heterocycles. The first-order valence-electron chi connectivity index (χ1n) is 17.8. The van der Waals surface area contributed by atoms with Crippen LogP contribution in [0.5, 0.6) is 0 Å². The number of aliphatic hydroxyl groups excluding tert-OH is 1. The molecular weight excluding hydrogens is 633 g/mol. The number of hydrogen-bond acceptors (Lipinski definition) is 6. The molecule has 1 saturated heterocycles. The summed E-state index contributed by atoms with van der Waals surface area (Å²) >= 11 is 0. The molecule has 1 aromatic heterocycles. The third kappa shape index (κ3) is 4.58. The number of hydrogen-bond donors (Lipinski definition) is 2. The lowest BCUT2D eigenvalue weighted by molar-refractivity contribution is -0.176. The van der Waals surface area contributed by atoms with Crippen molar-refractivity contribution in [1.82, 2.24) is 9.80 Å². The smallest absolute Gasteiger partial charge is 0.416 e. The lowest BCUT2D eigenvalue weighted by Crippen LogP contribution is -2.67. The standard InChI is InChI=1S/C39H45F3N2O5/c1-34-11-8-27(45)22-36(34)14-15-38(28(23-36)32(46)25-5-3-6-26(21-25)39(40,41)42)30(34)9-12-35(2)31(38)10-13-37(35,48)24-43-16-18-44(19-17-43)33(47)29-7-4-20-49-29/h3-7,14-15,20-21,23,27,30-31,45,48H,8-13,16-19,22,24H2,1-2H3/t27?,30-,31-,34-,35+,36+,37-,38-/m1/s1. The average molecular weight is 679 g/mol. The number of furan rings is 1. The highest BCUT2D eigenvalue weighted by Crippen LogP contribution is 2.78. The maximum Gasteiger partial charge on any atom is 0.416 e. The van der Waals surface area contributed by atoms with Crippen LogP contribution in [0.4, 0.5) is 13.2 Å². The number of carbonyl (C=O) groups excluding carboxylic acids is 2. The fraction of sp³-hybridized carbons (Fsp3) is 0.590. The van der Waals surface area contributed by atoms with Crippen molar-refractivity contribution in [3.63, 3.8) is 0 Å². The molecule has 7 nitrogen and oxygen atoms in total. The number of piperazine rings is 1. The first-order chi connectivity index (χ1) is 23.2. The number of benzene rings is 1. The molecule has 7 aliphatic rings. The van der Waals surface area contributed by atoms with Crippen molar-refractivity contribution in [3.8, 4) is 0 Å². The summed E-state index contributed by atoms with van der Waals surface area (Å²) in [4.78, 5) is 31.6. The SMILES string of the molecule is C[C@]12CC[C@H]3[C@]4(C=C[C@@]5(C=C4C(=O)c4cccc(C(F)(F)F)c4)CC(O)CC[C@]35C)[C@@H]1CC[C@@]2(O)CN1CCN(C(=O)c2ccco2)CC1. The van der Waals surface area contributed by atoms with Gasteiger partial charge in [0.25, 0.3) is 5.91 Å². The van der Waals surface area contributed by atoms with Gasteiger partial charge >= 0.3 is 6.18 Å². The van der Waals surface area contributed by atoms with Gasteiger partial charge in [-0.3, -0.25) is 14.5 Å². The third-order valence-electron chi connectivity index (χ3n) is 14.3. The van der Waals surface area contributed by atoms with Gasteiger partial charge in [0, 0.05) is 60.1 Å². The number of halogens is 3. The summed E-state index contributed by atoms with van der Waals surface area (Å²) in [5.41, 5.74) is -3.48. The minimum atomic E-state index is -4.58. The molecule has 8 atom stereocenters. The van der Waals surface area contributed by atoms with Gasteiger partial charge in [-0.15, -0.1) is 0 Å². The van der Waals surface area contributed by atoms with Crippen LogP contribution in [-0.2, 0) is 6.18 Å². The Balaban J connectivity index is 1.14. The third-order valence-corrected chi connectivity index (χ3v) is 14.3. The Hall–Kier alpha value is -3.21. The number of nitrogens with zero attached hydrogens (tertiary/aromatic N) is 2. The molecule has 2 N–H and O–H groups in total. The zero-order valence-electron chi connectivity index (χ0n) is 28.1. The number of ketones is 1. The second kappa shape index (κ2) is 10.9. The second-order valence-corrected chi connectivity index (χ2v) is 16.3. The van der Waals surface area contributed by atoms with E-state index in [9.17, 15) is 33.0 Å². The molecule has 0 radical (unpaired) electrons. The van der Waals surface area contributed by atoms with Crippen molar-refractivity contribution in [2.45, 2.75) is 76.7 Å². The van der Waals surface area contributed by atoms with Gasteiger partial charge in [-0.2, -0.15) is 13.2 Å². The van der Waals surface area contributed by atoms with E-state index in [0.29, 0.717) is 69.7 Å². The Morgan fingerprint density at radius 3 is 2.37 bits per heavy atom. The number of rotatable bonds is 5. The van der Waals surface area contributed by atoms with Crippen LogP contribution in [-0.4, -0.2) is 76.1 Å². The molecule has 3 saturated carbocycles. The van der Waals surface area contributed by atoms with Crippen LogP contribution < -0.4 is 0 Å². The number of aliphatic hydroxyl groups is 2. The van der Waals surface area contributed by atoms with Gasteiger partial charge in [-0.05, 0) is 86.5 Å². The number of allylic oxidation sites excluding steroid dienone is 4. The molecule has 1 amide bonds. The molecule has 262 valence electrons. The van der Waals surface area contributed by atoms with Crippen molar-refractivity contribution in [1.29, 1.82) is 0 Å². The number of alkyl halides is 3. The fourth-order valence-corrected chi connectivity index (χ4v) is 11.6. The van der Waals surface area contributed by atoms with Gasteiger partial charge in [0.2, 0.25) is 0 Å². The number of β-amino-alcohol motifs (C(OH)–C–C–N with tert-alkyl or cyclic N) is 1. The van der Waals surface area contributed by atoms with Gasteiger partial charge in [0.15, 0.2) is 11.5 Å². The summed E-state index contributed by atoms with van der Waals surface area (Å²) in [6.45, 7) is 7.18. The van der Waals surface area contributed by atoms with Crippen molar-refractivity contribution in [2.24, 2.45) is 33.5 Å². The molecule has 6 aliphatic carbocycles. The molecule has 1 unspecified atom stereocenters. The molecule has 10 heteroatoms. The van der Waals surface area contributed by atoms with Gasteiger partial charge in [0.05, 0.1) is 23.5 Å². The summed E-state index contributed by atoms with van der Waals surface area (Å²) in [6, 6.07) is 8.11. The van der Waals surface area contributed by atoms with E-state index in [4.69, 9.17) is 4.42 Å². The number of fused-ring (bicyclic) bond motifs is 1. The van der Waals surface area contributed by atoms with Crippen LogP contribution in [0.1, 0.15) is 85.3 Å². The average Bonchev–Trinajstić information content (AvgIpc) is 3.71. The highest BCUT2D eigenvalue weighted by atomic mass is 19.4. The first-order valence-corrected chi connectivity index (χ1v) is 17.8. The zero-order chi connectivity index (χ0) is 34.6. The Morgan fingerprint density at radius 2 is 1.65 bits per heavy atom. The molecule has 2 heterocycles. The van der Waals surface area contributed by atoms with Crippen LogP contribution in [0.2, 0.25) is 0 Å². The quantitative estimate of drug-likeness (QED) is 0.276. The molecule has 9 rings (SSSR count). The van der Waals surface area contributed by atoms with Crippen LogP contribution in [0, 0.1) is 33.5 Å². The van der Waals surface area contributed by atoms with Crippen molar-refractivity contribution >= 4 is 11.7 Å². The van der Waals surface area contributed by atoms with Crippen molar-refractivity contribution in [2.75, 3.05) is 32.7 Å². The van der Waals surface area contributed by atoms with E-state index >= 15 is 0 Å². The van der Waals surface area contributed by atoms with E-state index in [-0.39, 0.29) is 34.5 Å².